The van der Waals surface area contributed by atoms with Gasteiger partial charge in [0.2, 0.25) is 0 Å². The molecule has 1 unspecified atom stereocenters. The second-order valence-corrected chi connectivity index (χ2v) is 5.86. The van der Waals surface area contributed by atoms with Gasteiger partial charge in [-0.05, 0) is 38.4 Å². The lowest BCUT2D eigenvalue weighted by atomic mass is 10.1. The standard InChI is InChI=1S/C15H23N5O/c16-15(18-21)13-4-6-17-10-14(13)20-9-5-12(11-20)19-7-2-1-3-8-19/h4,6,10,12,21H,1-3,5,7-9,11H2,(H2,16,18). The number of nitrogens with zero attached hydrogens (tertiary/aromatic N) is 4. The minimum atomic E-state index is 0.147. The number of anilines is 1. The summed E-state index contributed by atoms with van der Waals surface area (Å²) < 4.78 is 0. The molecule has 1 atom stereocenters. The first-order valence-electron chi connectivity index (χ1n) is 7.70. The Morgan fingerprint density at radius 2 is 2.10 bits per heavy atom. The molecule has 6 nitrogen and oxygen atoms in total. The molecular formula is C15H23N5O. The predicted octanol–water partition coefficient (Wildman–Crippen LogP) is 1.24. The molecule has 0 spiro atoms. The van der Waals surface area contributed by atoms with Gasteiger partial charge in [-0.15, -0.1) is 0 Å². The molecule has 3 heterocycles. The zero-order chi connectivity index (χ0) is 14.7. The molecule has 2 fully saturated rings. The molecule has 1 aromatic heterocycles. The summed E-state index contributed by atoms with van der Waals surface area (Å²) in [5.41, 5.74) is 7.50. The molecule has 114 valence electrons. The van der Waals surface area contributed by atoms with Gasteiger partial charge in [0, 0.05) is 30.9 Å². The van der Waals surface area contributed by atoms with Crippen LogP contribution in [0, 0.1) is 0 Å². The minimum Gasteiger partial charge on any atom is -0.409 e. The van der Waals surface area contributed by atoms with Crippen molar-refractivity contribution in [2.24, 2.45) is 10.9 Å². The average molecular weight is 289 g/mol. The van der Waals surface area contributed by atoms with Crippen molar-refractivity contribution in [3.63, 3.8) is 0 Å². The van der Waals surface area contributed by atoms with Gasteiger partial charge >= 0.3 is 0 Å². The third-order valence-electron chi connectivity index (χ3n) is 4.59. The monoisotopic (exact) mass is 289 g/mol. The van der Waals surface area contributed by atoms with Crippen molar-refractivity contribution >= 4 is 11.5 Å². The Labute approximate surface area is 125 Å². The second-order valence-electron chi connectivity index (χ2n) is 5.86. The van der Waals surface area contributed by atoms with Gasteiger partial charge in [0.1, 0.15) is 0 Å². The molecular weight excluding hydrogens is 266 g/mol. The Bertz CT molecular complexity index is 513. The van der Waals surface area contributed by atoms with Crippen LogP contribution in [0.5, 0.6) is 0 Å². The van der Waals surface area contributed by atoms with Gasteiger partial charge in [0.15, 0.2) is 5.84 Å². The second kappa shape index (κ2) is 6.30. The van der Waals surface area contributed by atoms with E-state index < -0.39 is 0 Å². The van der Waals surface area contributed by atoms with Crippen molar-refractivity contribution in [2.75, 3.05) is 31.1 Å². The maximum Gasteiger partial charge on any atom is 0.172 e. The molecule has 0 amide bonds. The van der Waals surface area contributed by atoms with Gasteiger partial charge in [-0.3, -0.25) is 9.88 Å². The molecule has 6 heteroatoms. The molecule has 1 aromatic rings. The largest absolute Gasteiger partial charge is 0.409 e. The number of aromatic nitrogens is 1. The van der Waals surface area contributed by atoms with Crippen LogP contribution < -0.4 is 10.6 Å². The zero-order valence-electron chi connectivity index (χ0n) is 12.3. The van der Waals surface area contributed by atoms with E-state index in [1.54, 1.807) is 12.3 Å². The van der Waals surface area contributed by atoms with Crippen LogP contribution in [0.15, 0.2) is 23.6 Å². The molecule has 0 bridgehead atoms. The quantitative estimate of drug-likeness (QED) is 0.379. The van der Waals surface area contributed by atoms with E-state index in [0.717, 1.165) is 24.3 Å². The Balaban J connectivity index is 1.74. The topological polar surface area (TPSA) is 78.0 Å². The smallest absolute Gasteiger partial charge is 0.172 e. The van der Waals surface area contributed by atoms with E-state index in [9.17, 15) is 0 Å². The average Bonchev–Trinajstić information content (AvgIpc) is 3.05. The molecule has 2 aliphatic heterocycles. The first-order chi connectivity index (χ1) is 10.3. The van der Waals surface area contributed by atoms with E-state index in [4.69, 9.17) is 10.9 Å². The van der Waals surface area contributed by atoms with Crippen LogP contribution in [0.3, 0.4) is 0 Å². The van der Waals surface area contributed by atoms with Gasteiger partial charge in [-0.2, -0.15) is 0 Å². The fraction of sp³-hybridized carbons (Fsp3) is 0.600. The van der Waals surface area contributed by atoms with Crippen molar-refractivity contribution in [1.29, 1.82) is 0 Å². The van der Waals surface area contributed by atoms with E-state index >= 15 is 0 Å². The summed E-state index contributed by atoms with van der Waals surface area (Å²) in [5, 5.41) is 12.1. The summed E-state index contributed by atoms with van der Waals surface area (Å²) in [6, 6.07) is 2.42. The molecule has 0 saturated carbocycles. The lowest BCUT2D eigenvalue weighted by Crippen LogP contribution is -2.41. The van der Waals surface area contributed by atoms with Gasteiger partial charge in [-0.25, -0.2) is 0 Å². The highest BCUT2D eigenvalue weighted by Crippen LogP contribution is 2.27. The highest BCUT2D eigenvalue weighted by molar-refractivity contribution is 6.02. The number of hydrogen-bond acceptors (Lipinski definition) is 5. The fourth-order valence-electron chi connectivity index (χ4n) is 3.45. The zero-order valence-corrected chi connectivity index (χ0v) is 12.3. The Morgan fingerprint density at radius 3 is 2.86 bits per heavy atom. The number of rotatable bonds is 3. The van der Waals surface area contributed by atoms with Crippen LogP contribution in [-0.4, -0.2) is 53.1 Å². The van der Waals surface area contributed by atoms with Crippen molar-refractivity contribution in [2.45, 2.75) is 31.7 Å². The molecule has 3 N–H and O–H groups in total. The number of likely N-dealkylation sites (tertiary alicyclic amines) is 1. The Hall–Kier alpha value is -1.82. The maximum atomic E-state index is 8.93. The van der Waals surface area contributed by atoms with Crippen LogP contribution in [-0.2, 0) is 0 Å². The molecule has 21 heavy (non-hydrogen) atoms. The van der Waals surface area contributed by atoms with Gasteiger partial charge in [0.25, 0.3) is 0 Å². The first kappa shape index (κ1) is 14.1. The SMILES string of the molecule is N/C(=N/O)c1ccncc1N1CCC(N2CCCCC2)C1. The summed E-state index contributed by atoms with van der Waals surface area (Å²) in [7, 11) is 0. The summed E-state index contributed by atoms with van der Waals surface area (Å²) in [6.07, 6.45) is 8.66. The number of hydrogen-bond donors (Lipinski definition) is 2. The number of piperidine rings is 1. The third kappa shape index (κ3) is 2.95. The van der Waals surface area contributed by atoms with Crippen molar-refractivity contribution in [1.82, 2.24) is 9.88 Å². The number of amidine groups is 1. The van der Waals surface area contributed by atoms with E-state index in [0.29, 0.717) is 6.04 Å². The molecule has 2 aliphatic rings. The number of pyridine rings is 1. The third-order valence-corrected chi connectivity index (χ3v) is 4.59. The molecule has 3 rings (SSSR count). The number of oxime groups is 1. The fourth-order valence-corrected chi connectivity index (χ4v) is 3.45. The van der Waals surface area contributed by atoms with Crippen molar-refractivity contribution < 1.29 is 5.21 Å². The molecule has 0 radical (unpaired) electrons. The van der Waals surface area contributed by atoms with Crippen LogP contribution in [0.1, 0.15) is 31.2 Å². The molecule has 0 aliphatic carbocycles. The lowest BCUT2D eigenvalue weighted by molar-refractivity contribution is 0.175. The molecule has 0 aromatic carbocycles. The van der Waals surface area contributed by atoms with Crippen LogP contribution in [0.25, 0.3) is 0 Å². The van der Waals surface area contributed by atoms with E-state index in [2.05, 4.69) is 19.9 Å². The summed E-state index contributed by atoms with van der Waals surface area (Å²) in [4.78, 5) is 9.12. The van der Waals surface area contributed by atoms with Gasteiger partial charge in [0.05, 0.1) is 11.9 Å². The van der Waals surface area contributed by atoms with E-state index in [1.807, 2.05) is 6.20 Å². The number of nitrogens with two attached hydrogens (primary N) is 1. The Kier molecular flexibility index (Phi) is 4.24. The summed E-state index contributed by atoms with van der Waals surface area (Å²) in [6.45, 7) is 4.44. The summed E-state index contributed by atoms with van der Waals surface area (Å²) in [5.74, 6) is 0.147. The summed E-state index contributed by atoms with van der Waals surface area (Å²) >= 11 is 0. The van der Waals surface area contributed by atoms with Crippen LogP contribution >= 0.6 is 0 Å². The van der Waals surface area contributed by atoms with Gasteiger partial charge < -0.3 is 15.8 Å². The molecule has 2 saturated heterocycles. The highest BCUT2D eigenvalue weighted by Gasteiger charge is 2.29. The normalized spacial score (nSPS) is 24.5. The van der Waals surface area contributed by atoms with Gasteiger partial charge in [-0.1, -0.05) is 11.6 Å². The predicted molar refractivity (Wildman–Crippen MR) is 82.8 cm³/mol. The van der Waals surface area contributed by atoms with Crippen molar-refractivity contribution in [3.05, 3.63) is 24.0 Å². The van der Waals surface area contributed by atoms with Crippen LogP contribution in [0.2, 0.25) is 0 Å². The van der Waals surface area contributed by atoms with Crippen molar-refractivity contribution in [3.8, 4) is 0 Å². The maximum absolute atomic E-state index is 8.93. The van der Waals surface area contributed by atoms with Crippen LogP contribution in [0.4, 0.5) is 5.69 Å². The minimum absolute atomic E-state index is 0.147. The first-order valence-corrected chi connectivity index (χ1v) is 7.70. The Morgan fingerprint density at radius 1 is 1.29 bits per heavy atom. The van der Waals surface area contributed by atoms with E-state index in [1.165, 1.54) is 38.8 Å². The van der Waals surface area contributed by atoms with E-state index in [-0.39, 0.29) is 5.84 Å². The highest BCUT2D eigenvalue weighted by atomic mass is 16.4. The lowest BCUT2D eigenvalue weighted by Gasteiger charge is -2.32.